The number of benzene rings is 2. The van der Waals surface area contributed by atoms with Crippen molar-refractivity contribution < 1.29 is 51.0 Å². The molecule has 4 rings (SSSR count). The van der Waals surface area contributed by atoms with Gasteiger partial charge < -0.3 is 24.8 Å². The average Bonchev–Trinajstić information content (AvgIpc) is 3.35. The van der Waals surface area contributed by atoms with Gasteiger partial charge in [0.05, 0.1) is 0 Å². The van der Waals surface area contributed by atoms with Crippen molar-refractivity contribution in [3.8, 4) is 0 Å². The summed E-state index contributed by atoms with van der Waals surface area (Å²) in [5, 5.41) is 5.76. The van der Waals surface area contributed by atoms with E-state index < -0.39 is 0 Å². The molecule has 4 aromatic carbocycles. The van der Waals surface area contributed by atoms with Gasteiger partial charge in [0, 0.05) is 0 Å². The summed E-state index contributed by atoms with van der Waals surface area (Å²) >= 11 is 0. The average molecular weight is 561 g/mol. The SMILES string of the molecule is CC(C)c1ccc(C(C)C)c2[cH-]ccc12.CC(C)c1ccc(C(C)C)c2[cH-]ccc12.[Cl-].[Cl-].[Zr+4]. The molecule has 0 nitrogen and oxygen atoms in total. The second-order valence-electron chi connectivity index (χ2n) is 9.81. The Morgan fingerprint density at radius 1 is 0.455 bits per heavy atom. The predicted molar refractivity (Wildman–Crippen MR) is 135 cm³/mol. The van der Waals surface area contributed by atoms with Crippen LogP contribution in [0.3, 0.4) is 0 Å². The molecule has 0 amide bonds. The largest absolute Gasteiger partial charge is 4.00 e. The van der Waals surface area contributed by atoms with Crippen LogP contribution in [0.1, 0.15) is 101 Å². The predicted octanol–water partition coefficient (Wildman–Crippen LogP) is 3.62. The quantitative estimate of drug-likeness (QED) is 0.335. The van der Waals surface area contributed by atoms with Crippen LogP contribution in [0.25, 0.3) is 21.5 Å². The molecule has 0 aliphatic rings. The molecule has 0 saturated heterocycles. The zero-order valence-electron chi connectivity index (χ0n) is 21.3. The van der Waals surface area contributed by atoms with Crippen molar-refractivity contribution in [2.75, 3.05) is 0 Å². The molecule has 0 bridgehead atoms. The molecule has 0 atom stereocenters. The summed E-state index contributed by atoms with van der Waals surface area (Å²) in [5.41, 5.74) is 5.89. The van der Waals surface area contributed by atoms with Crippen LogP contribution in [0.15, 0.2) is 60.7 Å². The van der Waals surface area contributed by atoms with Crippen molar-refractivity contribution in [3.05, 3.63) is 82.9 Å². The number of halogens is 2. The van der Waals surface area contributed by atoms with E-state index in [1.165, 1.54) is 43.8 Å². The molecule has 0 saturated carbocycles. The number of hydrogen-bond donors (Lipinski definition) is 0. The Bertz CT molecular complexity index is 939. The van der Waals surface area contributed by atoms with Gasteiger partial charge in [-0.3, -0.25) is 0 Å². The molecular weight excluding hydrogens is 522 g/mol. The maximum atomic E-state index is 2.29. The van der Waals surface area contributed by atoms with E-state index >= 15 is 0 Å². The summed E-state index contributed by atoms with van der Waals surface area (Å²) in [5.74, 6) is 2.43. The molecule has 0 aliphatic heterocycles. The van der Waals surface area contributed by atoms with Crippen LogP contribution in [0.2, 0.25) is 0 Å². The number of rotatable bonds is 4. The van der Waals surface area contributed by atoms with Crippen molar-refractivity contribution in [2.24, 2.45) is 0 Å². The summed E-state index contributed by atoms with van der Waals surface area (Å²) in [7, 11) is 0. The van der Waals surface area contributed by atoms with Gasteiger partial charge in [0.1, 0.15) is 0 Å². The standard InChI is InChI=1S/2C15H19.2ClH.Zr/c2*1-10(2)12-8-9-13(11(3)4)15-7-5-6-14(12)15;;;/h2*5-11H,1-4H3;2*1H;/q2*-1;;;+4/p-2. The van der Waals surface area contributed by atoms with Crippen LogP contribution in [0.5, 0.6) is 0 Å². The summed E-state index contributed by atoms with van der Waals surface area (Å²) in [6.07, 6.45) is 0. The molecule has 0 aromatic heterocycles. The first kappa shape index (κ1) is 32.1. The Morgan fingerprint density at radius 2 is 0.727 bits per heavy atom. The molecule has 0 fully saturated rings. The molecular formula is C30H38Cl2Zr. The minimum absolute atomic E-state index is 0. The third-order valence-corrected chi connectivity index (χ3v) is 6.25. The first-order valence-corrected chi connectivity index (χ1v) is 11.6. The van der Waals surface area contributed by atoms with Gasteiger partial charge in [-0.15, -0.1) is 56.9 Å². The van der Waals surface area contributed by atoms with E-state index in [-0.39, 0.29) is 51.0 Å². The third-order valence-electron chi connectivity index (χ3n) is 6.25. The van der Waals surface area contributed by atoms with E-state index in [4.69, 9.17) is 0 Å². The molecule has 0 radical (unpaired) electrons. The third kappa shape index (κ3) is 7.07. The normalized spacial score (nSPS) is 10.8. The van der Waals surface area contributed by atoms with Gasteiger partial charge in [0.2, 0.25) is 0 Å². The van der Waals surface area contributed by atoms with E-state index in [0.717, 1.165) is 0 Å². The van der Waals surface area contributed by atoms with Crippen LogP contribution in [-0.2, 0) is 26.2 Å². The van der Waals surface area contributed by atoms with Crippen molar-refractivity contribution in [1.29, 1.82) is 0 Å². The molecule has 0 spiro atoms. The summed E-state index contributed by atoms with van der Waals surface area (Å²) in [4.78, 5) is 0. The summed E-state index contributed by atoms with van der Waals surface area (Å²) in [6, 6.07) is 22.5. The van der Waals surface area contributed by atoms with Crippen LogP contribution in [-0.4, -0.2) is 0 Å². The van der Waals surface area contributed by atoms with Crippen molar-refractivity contribution in [1.82, 2.24) is 0 Å². The molecule has 0 aliphatic carbocycles. The maximum Gasteiger partial charge on any atom is 4.00 e. The molecule has 0 heterocycles. The Hall–Kier alpha value is -0.877. The zero-order valence-corrected chi connectivity index (χ0v) is 25.3. The van der Waals surface area contributed by atoms with Crippen molar-refractivity contribution >= 4 is 21.5 Å². The molecule has 4 aromatic rings. The van der Waals surface area contributed by atoms with Gasteiger partial charge in [-0.05, 0) is 11.8 Å². The zero-order chi connectivity index (χ0) is 22.0. The Labute approximate surface area is 233 Å². The number of fused-ring (bicyclic) bond motifs is 2. The molecule has 0 unspecified atom stereocenters. The Kier molecular flexibility index (Phi) is 13.5. The smallest absolute Gasteiger partial charge is 1.00 e. The van der Waals surface area contributed by atoms with Gasteiger partial charge in [-0.1, -0.05) is 90.5 Å². The Morgan fingerprint density at radius 3 is 1.00 bits per heavy atom. The van der Waals surface area contributed by atoms with Crippen LogP contribution >= 0.6 is 0 Å². The maximum absolute atomic E-state index is 2.29. The summed E-state index contributed by atoms with van der Waals surface area (Å²) < 4.78 is 0. The fraction of sp³-hybridized carbons (Fsp3) is 0.400. The van der Waals surface area contributed by atoms with E-state index in [1.54, 1.807) is 0 Å². The molecule has 176 valence electrons. The van der Waals surface area contributed by atoms with E-state index in [1.807, 2.05) is 0 Å². The minimum atomic E-state index is 0. The summed E-state index contributed by atoms with van der Waals surface area (Å²) in [6.45, 7) is 18.1. The van der Waals surface area contributed by atoms with E-state index in [9.17, 15) is 0 Å². The van der Waals surface area contributed by atoms with Crippen LogP contribution < -0.4 is 24.8 Å². The molecule has 3 heteroatoms. The van der Waals surface area contributed by atoms with Gasteiger partial charge in [0.25, 0.3) is 0 Å². The van der Waals surface area contributed by atoms with Gasteiger partial charge >= 0.3 is 26.2 Å². The van der Waals surface area contributed by atoms with Gasteiger partial charge in [-0.25, -0.2) is 0 Å². The topological polar surface area (TPSA) is 0 Å². The first-order chi connectivity index (χ1) is 14.2. The molecule has 0 N–H and O–H groups in total. The van der Waals surface area contributed by atoms with Crippen molar-refractivity contribution in [2.45, 2.75) is 79.1 Å². The van der Waals surface area contributed by atoms with Gasteiger partial charge in [-0.2, -0.15) is 24.3 Å². The second kappa shape index (κ2) is 13.9. The second-order valence-corrected chi connectivity index (χ2v) is 9.81. The molecule has 33 heavy (non-hydrogen) atoms. The fourth-order valence-electron chi connectivity index (χ4n) is 4.58. The van der Waals surface area contributed by atoms with Gasteiger partial charge in [0.15, 0.2) is 0 Å². The minimum Gasteiger partial charge on any atom is -1.00 e. The fourth-order valence-corrected chi connectivity index (χ4v) is 4.58. The van der Waals surface area contributed by atoms with E-state index in [0.29, 0.717) is 23.7 Å². The van der Waals surface area contributed by atoms with Crippen LogP contribution in [0.4, 0.5) is 0 Å². The monoisotopic (exact) mass is 558 g/mol. The first-order valence-electron chi connectivity index (χ1n) is 11.6. The number of hydrogen-bond acceptors (Lipinski definition) is 0. The van der Waals surface area contributed by atoms with Crippen molar-refractivity contribution in [3.63, 3.8) is 0 Å². The van der Waals surface area contributed by atoms with Crippen LogP contribution in [0, 0.1) is 0 Å². The Balaban J connectivity index is 0.000000569. The van der Waals surface area contributed by atoms with E-state index in [2.05, 4.69) is 116 Å².